The number of nitrogens with one attached hydrogen (secondary N) is 2. The van der Waals surface area contributed by atoms with Crippen LogP contribution in [-0.4, -0.2) is 89.0 Å². The van der Waals surface area contributed by atoms with Crippen LogP contribution in [0, 0.1) is 0 Å². The van der Waals surface area contributed by atoms with Crippen LogP contribution in [0.3, 0.4) is 0 Å². The lowest BCUT2D eigenvalue weighted by atomic mass is 10.1. The number of ether oxygens (including phenoxy) is 1. The lowest BCUT2D eigenvalue weighted by Gasteiger charge is -2.17. The van der Waals surface area contributed by atoms with Gasteiger partial charge in [0, 0.05) is 14.1 Å². The molecule has 0 aromatic carbocycles. The first-order chi connectivity index (χ1) is 14.8. The maximum Gasteiger partial charge on any atom is 0.255 e. The number of hydrogen-bond donors (Lipinski definition) is 4. The minimum atomic E-state index is -2.64. The van der Waals surface area contributed by atoms with Crippen molar-refractivity contribution in [3.8, 4) is 11.5 Å². The monoisotopic (exact) mass is 439 g/mol. The number of aliphatic hydroxyl groups excluding tert-OH is 2. The maximum atomic E-state index is 12.8. The Balaban J connectivity index is 1.80. The SMILES string of the molecule is CNC(=O)[C@H]1OC(n2cnc3c(NCC(F)F)nc(-c4cn(C)nn4)nc32)[C@H](O)[C@@H]1O. The van der Waals surface area contributed by atoms with Gasteiger partial charge >= 0.3 is 0 Å². The van der Waals surface area contributed by atoms with Gasteiger partial charge in [-0.05, 0) is 0 Å². The highest BCUT2D eigenvalue weighted by Gasteiger charge is 2.47. The summed E-state index contributed by atoms with van der Waals surface area (Å²) in [5.74, 6) is -0.539. The number of hydrogen-bond acceptors (Lipinski definition) is 10. The number of fused-ring (bicyclic) bond motifs is 1. The van der Waals surface area contributed by atoms with Gasteiger partial charge in [-0.2, -0.15) is 0 Å². The topological polar surface area (TPSA) is 165 Å². The van der Waals surface area contributed by atoms with Crippen LogP contribution < -0.4 is 10.6 Å². The summed E-state index contributed by atoms with van der Waals surface area (Å²) in [4.78, 5) is 24.7. The number of amides is 1. The Kier molecular flexibility index (Phi) is 5.47. The van der Waals surface area contributed by atoms with E-state index < -0.39 is 43.4 Å². The average molecular weight is 439 g/mol. The van der Waals surface area contributed by atoms with E-state index in [4.69, 9.17) is 4.74 Å². The number of alkyl halides is 2. The molecule has 31 heavy (non-hydrogen) atoms. The molecule has 0 bridgehead atoms. The number of carbonyl (C=O) groups excluding carboxylic acids is 1. The van der Waals surface area contributed by atoms with Crippen LogP contribution in [0.2, 0.25) is 0 Å². The number of aliphatic hydroxyl groups is 2. The van der Waals surface area contributed by atoms with Gasteiger partial charge in [0.05, 0.1) is 19.1 Å². The molecule has 3 aromatic heterocycles. The van der Waals surface area contributed by atoms with Gasteiger partial charge in [0.2, 0.25) is 0 Å². The summed E-state index contributed by atoms with van der Waals surface area (Å²) < 4.78 is 33.8. The van der Waals surface area contributed by atoms with Gasteiger partial charge in [-0.3, -0.25) is 14.0 Å². The van der Waals surface area contributed by atoms with Crippen LogP contribution in [0.4, 0.5) is 14.6 Å². The lowest BCUT2D eigenvalue weighted by molar-refractivity contribution is -0.137. The molecule has 1 unspecified atom stereocenters. The molecule has 0 spiro atoms. The number of aromatic nitrogens is 7. The molecule has 0 radical (unpaired) electrons. The van der Waals surface area contributed by atoms with E-state index in [-0.39, 0.29) is 28.5 Å². The third-order valence-corrected chi connectivity index (χ3v) is 4.69. The summed E-state index contributed by atoms with van der Waals surface area (Å²) in [5, 5.41) is 33.3. The largest absolute Gasteiger partial charge is 0.387 e. The first kappa shape index (κ1) is 21.0. The van der Waals surface area contributed by atoms with Gasteiger partial charge < -0.3 is 25.6 Å². The molecule has 15 heteroatoms. The molecule has 4 heterocycles. The third-order valence-electron chi connectivity index (χ3n) is 4.69. The number of carbonyl (C=O) groups is 1. The quantitative estimate of drug-likeness (QED) is 0.361. The summed E-state index contributed by atoms with van der Waals surface area (Å²) in [6.45, 7) is -0.682. The van der Waals surface area contributed by atoms with E-state index in [1.54, 1.807) is 7.05 Å². The molecule has 1 saturated heterocycles. The average Bonchev–Trinajstić information content (AvgIpc) is 3.44. The normalized spacial score (nSPS) is 23.6. The van der Waals surface area contributed by atoms with Crippen molar-refractivity contribution in [2.24, 2.45) is 7.05 Å². The van der Waals surface area contributed by atoms with E-state index >= 15 is 0 Å². The summed E-state index contributed by atoms with van der Waals surface area (Å²) in [7, 11) is 3.00. The van der Waals surface area contributed by atoms with Gasteiger partial charge in [0.1, 0.15) is 17.9 Å². The van der Waals surface area contributed by atoms with Crippen LogP contribution in [0.25, 0.3) is 22.7 Å². The molecule has 1 fully saturated rings. The molecule has 1 amide bonds. The molecular weight excluding hydrogens is 420 g/mol. The highest BCUT2D eigenvalue weighted by atomic mass is 19.3. The van der Waals surface area contributed by atoms with Crippen LogP contribution in [0.15, 0.2) is 12.5 Å². The van der Waals surface area contributed by atoms with Crippen molar-refractivity contribution in [1.82, 2.24) is 39.8 Å². The highest BCUT2D eigenvalue weighted by molar-refractivity contribution is 5.85. The Labute approximate surface area is 173 Å². The van der Waals surface area contributed by atoms with Gasteiger partial charge in [0.15, 0.2) is 35.1 Å². The zero-order valence-electron chi connectivity index (χ0n) is 16.3. The van der Waals surface area contributed by atoms with Crippen LogP contribution >= 0.6 is 0 Å². The summed E-state index contributed by atoms with van der Waals surface area (Å²) in [6.07, 6.45) is -5.37. The Morgan fingerprint density at radius 2 is 2.10 bits per heavy atom. The molecule has 1 aliphatic heterocycles. The number of halogens is 2. The molecule has 166 valence electrons. The molecule has 3 aromatic rings. The molecule has 0 saturated carbocycles. The second-order valence-electron chi connectivity index (χ2n) is 6.81. The number of anilines is 1. The van der Waals surface area contributed by atoms with E-state index in [9.17, 15) is 23.8 Å². The predicted molar refractivity (Wildman–Crippen MR) is 99.8 cm³/mol. The summed E-state index contributed by atoms with van der Waals surface area (Å²) in [5.41, 5.74) is 0.511. The van der Waals surface area contributed by atoms with Crippen molar-refractivity contribution in [2.45, 2.75) is 31.0 Å². The smallest absolute Gasteiger partial charge is 0.255 e. The number of likely N-dealkylation sites (N-methyl/N-ethyl adjacent to an activating group) is 1. The van der Waals surface area contributed by atoms with Gasteiger partial charge in [-0.15, -0.1) is 5.10 Å². The predicted octanol–water partition coefficient (Wildman–Crippen LogP) is -1.34. The molecule has 1 aliphatic rings. The van der Waals surface area contributed by atoms with Crippen LogP contribution in [0.5, 0.6) is 0 Å². The van der Waals surface area contributed by atoms with E-state index in [1.165, 1.54) is 28.8 Å². The fourth-order valence-corrected chi connectivity index (χ4v) is 3.21. The Morgan fingerprint density at radius 3 is 2.74 bits per heavy atom. The van der Waals surface area contributed by atoms with Crippen molar-refractivity contribution in [2.75, 3.05) is 18.9 Å². The van der Waals surface area contributed by atoms with E-state index in [0.717, 1.165) is 0 Å². The molecule has 4 atom stereocenters. The number of nitrogens with zero attached hydrogens (tertiary/aromatic N) is 7. The van der Waals surface area contributed by atoms with Crippen molar-refractivity contribution in [3.05, 3.63) is 12.5 Å². The second kappa shape index (κ2) is 8.09. The third kappa shape index (κ3) is 3.77. The number of rotatable bonds is 6. The number of aryl methyl sites for hydroxylation is 1. The van der Waals surface area contributed by atoms with Crippen molar-refractivity contribution in [1.29, 1.82) is 0 Å². The summed E-state index contributed by atoms with van der Waals surface area (Å²) >= 11 is 0. The molecule has 13 nitrogen and oxygen atoms in total. The van der Waals surface area contributed by atoms with Gasteiger partial charge in [-0.25, -0.2) is 23.7 Å². The molecule has 4 N–H and O–H groups in total. The minimum absolute atomic E-state index is 0.0144. The second-order valence-corrected chi connectivity index (χ2v) is 6.81. The van der Waals surface area contributed by atoms with Crippen molar-refractivity contribution in [3.63, 3.8) is 0 Å². The van der Waals surface area contributed by atoms with E-state index in [2.05, 4.69) is 35.9 Å². The standard InChI is InChI=1S/C16H19F2N9O4/c1-19-15(30)11-9(28)10(29)16(31-11)27-5-21-8-13(20-3-7(17)18)22-12(23-14(8)27)6-4-26(2)25-24-6/h4-5,7,9-11,16,28-29H,3H2,1-2H3,(H,19,30)(H,20,22,23)/t9-,10+,11-,16?/m0/s1. The van der Waals surface area contributed by atoms with Crippen molar-refractivity contribution < 1.29 is 28.5 Å². The Bertz CT molecular complexity index is 1100. The van der Waals surface area contributed by atoms with E-state index in [1.807, 2.05) is 0 Å². The van der Waals surface area contributed by atoms with E-state index in [0.29, 0.717) is 0 Å². The fraction of sp³-hybridized carbons (Fsp3) is 0.500. The van der Waals surface area contributed by atoms with Crippen LogP contribution in [0.1, 0.15) is 6.23 Å². The van der Waals surface area contributed by atoms with Gasteiger partial charge in [-0.1, -0.05) is 5.21 Å². The first-order valence-corrected chi connectivity index (χ1v) is 9.16. The lowest BCUT2D eigenvalue weighted by Crippen LogP contribution is -2.41. The molecular formula is C16H19F2N9O4. The Hall–Kier alpha value is -3.30. The number of imidazole rings is 1. The zero-order chi connectivity index (χ0) is 22.3. The Morgan fingerprint density at radius 1 is 1.32 bits per heavy atom. The van der Waals surface area contributed by atoms with Crippen LogP contribution in [-0.2, 0) is 16.6 Å². The van der Waals surface area contributed by atoms with Gasteiger partial charge in [0.25, 0.3) is 12.3 Å². The highest BCUT2D eigenvalue weighted by Crippen LogP contribution is 2.33. The minimum Gasteiger partial charge on any atom is -0.387 e. The zero-order valence-corrected chi connectivity index (χ0v) is 16.3. The summed E-state index contributed by atoms with van der Waals surface area (Å²) in [6, 6.07) is 0. The fourth-order valence-electron chi connectivity index (χ4n) is 3.21. The first-order valence-electron chi connectivity index (χ1n) is 9.16. The maximum absolute atomic E-state index is 12.8. The van der Waals surface area contributed by atoms with Crippen molar-refractivity contribution >= 4 is 22.9 Å². The molecule has 4 rings (SSSR count). The molecule has 0 aliphatic carbocycles.